The molecule has 0 aromatic heterocycles. The number of hydrogen-bond donors (Lipinski definition) is 0. The third-order valence-corrected chi connectivity index (χ3v) is 12.7. The van der Waals surface area contributed by atoms with Gasteiger partial charge in [0.05, 0.1) is 0 Å². The summed E-state index contributed by atoms with van der Waals surface area (Å²) in [6.07, 6.45) is 5.89. The van der Waals surface area contributed by atoms with Gasteiger partial charge in [-0.05, 0) is 0 Å². The molecule has 0 fully saturated rings. The summed E-state index contributed by atoms with van der Waals surface area (Å²) in [7, 11) is 0. The molecule has 5 rings (SSSR count). The molecule has 121 valence electrons. The number of benzene rings is 3. The Morgan fingerprint density at radius 3 is 2.64 bits per heavy atom. The zero-order valence-corrected chi connectivity index (χ0v) is 17.4. The molecule has 1 unspecified atom stereocenters. The first-order valence-electron chi connectivity index (χ1n) is 9.11. The van der Waals surface area contributed by atoms with Crippen LogP contribution in [0.5, 0.6) is 0 Å². The molecule has 2 aliphatic carbocycles. The van der Waals surface area contributed by atoms with Crippen LogP contribution in [0, 0.1) is 0 Å². The molecular formula is C24H21Sn. The van der Waals surface area contributed by atoms with E-state index in [2.05, 4.69) is 83.8 Å². The van der Waals surface area contributed by atoms with Crippen LogP contribution in [0.4, 0.5) is 0 Å². The molecule has 1 heteroatoms. The van der Waals surface area contributed by atoms with Gasteiger partial charge in [0.25, 0.3) is 0 Å². The van der Waals surface area contributed by atoms with E-state index in [0.29, 0.717) is 5.92 Å². The van der Waals surface area contributed by atoms with Gasteiger partial charge >= 0.3 is 157 Å². The third kappa shape index (κ3) is 2.58. The number of hydrogen-bond acceptors (Lipinski definition) is 0. The zero-order chi connectivity index (χ0) is 16.8. The average molecular weight is 428 g/mol. The molecule has 0 aliphatic heterocycles. The van der Waals surface area contributed by atoms with Crippen LogP contribution in [-0.4, -0.2) is 19.8 Å². The second-order valence-corrected chi connectivity index (χ2v) is 14.4. The minimum absolute atomic E-state index is 0.634. The number of fused-ring (bicyclic) bond motifs is 4. The summed E-state index contributed by atoms with van der Waals surface area (Å²) in [5, 5.41) is 0. The van der Waals surface area contributed by atoms with Crippen LogP contribution in [0.25, 0.3) is 17.2 Å². The Kier molecular flexibility index (Phi) is 3.82. The topological polar surface area (TPSA) is 0 Å². The van der Waals surface area contributed by atoms with Crippen molar-refractivity contribution in [2.45, 2.75) is 21.7 Å². The zero-order valence-electron chi connectivity index (χ0n) is 14.5. The Labute approximate surface area is 157 Å². The Morgan fingerprint density at radius 1 is 0.880 bits per heavy atom. The van der Waals surface area contributed by atoms with E-state index in [1.54, 1.807) is 14.7 Å². The van der Waals surface area contributed by atoms with E-state index in [1.165, 1.54) is 26.7 Å². The molecule has 0 N–H and O–H groups in total. The fourth-order valence-corrected chi connectivity index (χ4v) is 11.2. The standard InChI is InChI=1S/C13H9.C10H9.CH3.Sn/c1-3-7-12-10(5-1)9-11-6-2-4-8-13(11)12;1-8-6-7-9-4-2-3-5-10(8)9;;/h1-5,7-8H,9H2;2-8H,1H2;1H3;. The van der Waals surface area contributed by atoms with E-state index < -0.39 is 19.8 Å². The first-order valence-corrected chi connectivity index (χ1v) is 15.4. The molecule has 2 aliphatic rings. The summed E-state index contributed by atoms with van der Waals surface area (Å²) in [5.74, 6) is 0.634. The summed E-state index contributed by atoms with van der Waals surface area (Å²) in [6.45, 7) is 0. The minimum atomic E-state index is -1.65. The first-order chi connectivity index (χ1) is 12.3. The second-order valence-electron chi connectivity index (χ2n) is 7.24. The Hall–Kier alpha value is -1.80. The van der Waals surface area contributed by atoms with Gasteiger partial charge in [-0.25, -0.2) is 0 Å². The molecule has 0 heterocycles. The second kappa shape index (κ2) is 6.17. The summed E-state index contributed by atoms with van der Waals surface area (Å²) in [6, 6.07) is 24.9. The predicted molar refractivity (Wildman–Crippen MR) is 109 cm³/mol. The number of allylic oxidation sites excluding steroid dienone is 1. The van der Waals surface area contributed by atoms with Crippen LogP contribution in [0.1, 0.15) is 28.2 Å². The van der Waals surface area contributed by atoms with Gasteiger partial charge in [-0.3, -0.25) is 0 Å². The van der Waals surface area contributed by atoms with E-state index in [0.717, 1.165) is 6.42 Å². The van der Waals surface area contributed by atoms with Crippen molar-refractivity contribution in [3.8, 4) is 11.1 Å². The maximum absolute atomic E-state index is 2.59. The van der Waals surface area contributed by atoms with Gasteiger partial charge in [0.1, 0.15) is 0 Å². The van der Waals surface area contributed by atoms with Crippen LogP contribution in [0.15, 0.2) is 72.8 Å². The molecule has 0 amide bonds. The van der Waals surface area contributed by atoms with Crippen molar-refractivity contribution in [1.82, 2.24) is 0 Å². The molecule has 1 radical (unpaired) electrons. The van der Waals surface area contributed by atoms with Gasteiger partial charge in [-0.15, -0.1) is 0 Å². The van der Waals surface area contributed by atoms with E-state index in [9.17, 15) is 0 Å². The van der Waals surface area contributed by atoms with Gasteiger partial charge in [0.15, 0.2) is 0 Å². The molecule has 3 aromatic carbocycles. The van der Waals surface area contributed by atoms with Crippen molar-refractivity contribution in [3.05, 3.63) is 95.1 Å². The molecule has 0 saturated heterocycles. The monoisotopic (exact) mass is 429 g/mol. The van der Waals surface area contributed by atoms with E-state index in [-0.39, 0.29) is 0 Å². The summed E-state index contributed by atoms with van der Waals surface area (Å²) >= 11 is -1.65. The van der Waals surface area contributed by atoms with Crippen molar-refractivity contribution in [2.24, 2.45) is 0 Å². The third-order valence-electron chi connectivity index (χ3n) is 5.74. The van der Waals surface area contributed by atoms with Crippen molar-refractivity contribution in [1.29, 1.82) is 0 Å². The molecule has 0 saturated carbocycles. The summed E-state index contributed by atoms with van der Waals surface area (Å²) < 4.78 is 3.11. The van der Waals surface area contributed by atoms with Gasteiger partial charge in [-0.1, -0.05) is 0 Å². The molecule has 0 nitrogen and oxygen atoms in total. The normalized spacial score (nSPS) is 16.8. The summed E-state index contributed by atoms with van der Waals surface area (Å²) in [4.78, 5) is 2.59. The van der Waals surface area contributed by atoms with Gasteiger partial charge in [0, 0.05) is 0 Å². The molecule has 1 atom stereocenters. The van der Waals surface area contributed by atoms with Crippen LogP contribution in [0.2, 0.25) is 9.38 Å². The van der Waals surface area contributed by atoms with E-state index in [1.807, 2.05) is 0 Å². The van der Waals surface area contributed by atoms with Gasteiger partial charge in [-0.2, -0.15) is 0 Å². The fourth-order valence-electron chi connectivity index (χ4n) is 4.50. The fraction of sp³-hybridized carbons (Fsp3) is 0.167. The maximum atomic E-state index is 2.59. The Bertz CT molecular complexity index is 983. The van der Waals surface area contributed by atoms with E-state index in [4.69, 9.17) is 0 Å². The Morgan fingerprint density at radius 2 is 1.68 bits per heavy atom. The number of rotatable bonds is 3. The molecule has 3 aromatic rings. The van der Waals surface area contributed by atoms with Crippen molar-refractivity contribution in [2.75, 3.05) is 0 Å². The van der Waals surface area contributed by atoms with Crippen LogP contribution in [-0.2, 0) is 6.42 Å². The first kappa shape index (κ1) is 15.5. The Balaban J connectivity index is 1.47. The van der Waals surface area contributed by atoms with Crippen LogP contribution in [0.3, 0.4) is 0 Å². The van der Waals surface area contributed by atoms with Crippen molar-refractivity contribution in [3.63, 3.8) is 0 Å². The molecular weight excluding hydrogens is 407 g/mol. The van der Waals surface area contributed by atoms with Crippen molar-refractivity contribution < 1.29 is 0 Å². The average Bonchev–Trinajstić information content (AvgIpc) is 3.23. The van der Waals surface area contributed by atoms with Crippen molar-refractivity contribution >= 4 is 29.4 Å². The summed E-state index contributed by atoms with van der Waals surface area (Å²) in [5.41, 5.74) is 9.06. The SMILES string of the molecule is [CH3][Sn]([CH2]C1C=Cc2ccccc21)[c]1cccc2c1Cc1ccccc1-2. The van der Waals surface area contributed by atoms with E-state index >= 15 is 0 Å². The quantitative estimate of drug-likeness (QED) is 0.384. The van der Waals surface area contributed by atoms with Crippen LogP contribution >= 0.6 is 0 Å². The molecule has 0 spiro atoms. The molecule has 25 heavy (non-hydrogen) atoms. The van der Waals surface area contributed by atoms with Gasteiger partial charge in [0.2, 0.25) is 0 Å². The molecule has 0 bridgehead atoms. The predicted octanol–water partition coefficient (Wildman–Crippen LogP) is 5.40. The van der Waals surface area contributed by atoms with Gasteiger partial charge < -0.3 is 0 Å². The van der Waals surface area contributed by atoms with Crippen LogP contribution < -0.4 is 3.58 Å².